The van der Waals surface area contributed by atoms with E-state index in [0.29, 0.717) is 5.02 Å². The van der Waals surface area contributed by atoms with Gasteiger partial charge in [0.15, 0.2) is 0 Å². The fourth-order valence-electron chi connectivity index (χ4n) is 1.68. The van der Waals surface area contributed by atoms with Crippen LogP contribution in [0.4, 0.5) is 4.39 Å². The van der Waals surface area contributed by atoms with Crippen LogP contribution in [0.3, 0.4) is 0 Å². The van der Waals surface area contributed by atoms with Gasteiger partial charge >= 0.3 is 0 Å². The zero-order valence-corrected chi connectivity index (χ0v) is 9.98. The molecule has 0 amide bonds. The van der Waals surface area contributed by atoms with Gasteiger partial charge in [-0.2, -0.15) is 0 Å². The number of rotatable bonds is 3. The normalized spacial score (nSPS) is 14.1. The van der Waals surface area contributed by atoms with E-state index in [0.717, 1.165) is 17.7 Å². The van der Waals surface area contributed by atoms with E-state index in [2.05, 4.69) is 11.9 Å². The number of aliphatic imine (C=N–C) groups is 1. The van der Waals surface area contributed by atoms with Gasteiger partial charge < -0.3 is 0 Å². The summed E-state index contributed by atoms with van der Waals surface area (Å²) >= 11 is 6.01. The van der Waals surface area contributed by atoms with Crippen LogP contribution < -0.4 is 0 Å². The third-order valence-electron chi connectivity index (χ3n) is 2.60. The van der Waals surface area contributed by atoms with Gasteiger partial charge in [0.1, 0.15) is 5.82 Å². The molecular weight excluding hydrogens is 213 g/mol. The summed E-state index contributed by atoms with van der Waals surface area (Å²) in [6.07, 6.45) is 0.911. The molecule has 0 radical (unpaired) electrons. The SMILES string of the molecule is CCC(C(C)=NC)c1ccc(F)cc1Cl. The standard InChI is InChI=1S/C12H15ClFN/c1-4-10(8(2)15-3)11-6-5-9(14)7-12(11)13/h5-7,10H,4H2,1-3H3. The van der Waals surface area contributed by atoms with Gasteiger partial charge in [0.25, 0.3) is 0 Å². The Morgan fingerprint density at radius 1 is 1.53 bits per heavy atom. The summed E-state index contributed by atoms with van der Waals surface area (Å²) in [6.45, 7) is 4.03. The van der Waals surface area contributed by atoms with Gasteiger partial charge in [-0.1, -0.05) is 24.6 Å². The molecule has 3 heteroatoms. The zero-order valence-electron chi connectivity index (χ0n) is 9.22. The van der Waals surface area contributed by atoms with Crippen molar-refractivity contribution in [3.8, 4) is 0 Å². The summed E-state index contributed by atoms with van der Waals surface area (Å²) in [5, 5.41) is 0.477. The molecular formula is C12H15ClFN. The third-order valence-corrected chi connectivity index (χ3v) is 2.93. The summed E-state index contributed by atoms with van der Waals surface area (Å²) < 4.78 is 12.9. The van der Waals surface area contributed by atoms with Crippen LogP contribution in [0.25, 0.3) is 0 Å². The molecule has 0 aliphatic carbocycles. The second-order valence-electron chi connectivity index (χ2n) is 3.49. The predicted octanol–water partition coefficient (Wildman–Crippen LogP) is 4.06. The number of halogens is 2. The molecule has 0 aliphatic rings. The molecule has 1 aromatic carbocycles. The predicted molar refractivity (Wildman–Crippen MR) is 63.5 cm³/mol. The van der Waals surface area contributed by atoms with Gasteiger partial charge in [-0.25, -0.2) is 4.39 Å². The Labute approximate surface area is 95.0 Å². The topological polar surface area (TPSA) is 12.4 Å². The van der Waals surface area contributed by atoms with Crippen LogP contribution in [0.1, 0.15) is 31.7 Å². The molecule has 1 unspecified atom stereocenters. The van der Waals surface area contributed by atoms with Crippen molar-refractivity contribution in [2.45, 2.75) is 26.2 Å². The molecule has 1 aromatic rings. The minimum atomic E-state index is -0.301. The van der Waals surface area contributed by atoms with Crippen LogP contribution in [0, 0.1) is 5.82 Å². The van der Waals surface area contributed by atoms with Crippen molar-refractivity contribution in [3.63, 3.8) is 0 Å². The van der Waals surface area contributed by atoms with E-state index in [9.17, 15) is 4.39 Å². The minimum absolute atomic E-state index is 0.183. The molecule has 1 atom stereocenters. The Balaban J connectivity index is 3.13. The van der Waals surface area contributed by atoms with E-state index in [1.807, 2.05) is 6.92 Å². The van der Waals surface area contributed by atoms with Crippen LogP contribution in [0.15, 0.2) is 23.2 Å². The van der Waals surface area contributed by atoms with Gasteiger partial charge in [0.05, 0.1) is 0 Å². The minimum Gasteiger partial charge on any atom is -0.297 e. The first-order chi connectivity index (χ1) is 7.10. The summed E-state index contributed by atoms with van der Waals surface area (Å²) in [5.74, 6) is -0.118. The molecule has 0 aromatic heterocycles. The lowest BCUT2D eigenvalue weighted by atomic mass is 9.92. The maximum atomic E-state index is 12.9. The maximum absolute atomic E-state index is 12.9. The van der Waals surface area contributed by atoms with Crippen LogP contribution in [-0.4, -0.2) is 12.8 Å². The third kappa shape index (κ3) is 2.78. The quantitative estimate of drug-likeness (QED) is 0.691. The van der Waals surface area contributed by atoms with E-state index in [4.69, 9.17) is 11.6 Å². The fourth-order valence-corrected chi connectivity index (χ4v) is 1.98. The Morgan fingerprint density at radius 2 is 2.20 bits per heavy atom. The summed E-state index contributed by atoms with van der Waals surface area (Å²) in [7, 11) is 1.76. The van der Waals surface area contributed by atoms with Crippen molar-refractivity contribution < 1.29 is 4.39 Å². The molecule has 0 aliphatic heterocycles. The summed E-state index contributed by atoms with van der Waals surface area (Å²) in [6, 6.07) is 4.52. The van der Waals surface area contributed by atoms with Crippen LogP contribution >= 0.6 is 11.6 Å². The van der Waals surface area contributed by atoms with E-state index < -0.39 is 0 Å². The van der Waals surface area contributed by atoms with Gasteiger partial charge in [-0.3, -0.25) is 4.99 Å². The molecule has 15 heavy (non-hydrogen) atoms. The van der Waals surface area contributed by atoms with Gasteiger partial charge in [0, 0.05) is 23.7 Å². The smallest absolute Gasteiger partial charge is 0.124 e. The summed E-state index contributed by atoms with van der Waals surface area (Å²) in [5.41, 5.74) is 1.97. The highest BCUT2D eigenvalue weighted by molar-refractivity contribution is 6.31. The van der Waals surface area contributed by atoms with Crippen molar-refractivity contribution >= 4 is 17.3 Å². The van der Waals surface area contributed by atoms with Gasteiger partial charge in [-0.15, -0.1) is 0 Å². The zero-order chi connectivity index (χ0) is 11.4. The molecule has 0 saturated carbocycles. The first kappa shape index (κ1) is 12.2. The molecule has 0 spiro atoms. The lowest BCUT2D eigenvalue weighted by Crippen LogP contribution is -2.08. The van der Waals surface area contributed by atoms with Gasteiger partial charge in [-0.05, 0) is 31.0 Å². The molecule has 0 fully saturated rings. The number of benzene rings is 1. The highest BCUT2D eigenvalue weighted by Crippen LogP contribution is 2.28. The number of hydrogen-bond donors (Lipinski definition) is 0. The van der Waals surface area contributed by atoms with E-state index in [-0.39, 0.29) is 11.7 Å². The number of nitrogens with zero attached hydrogens (tertiary/aromatic N) is 1. The highest BCUT2D eigenvalue weighted by atomic mass is 35.5. The Morgan fingerprint density at radius 3 is 2.67 bits per heavy atom. The first-order valence-electron chi connectivity index (χ1n) is 4.98. The fraction of sp³-hybridized carbons (Fsp3) is 0.417. The Kier molecular flexibility index (Phi) is 4.28. The molecule has 1 nitrogen and oxygen atoms in total. The first-order valence-corrected chi connectivity index (χ1v) is 5.36. The molecule has 0 N–H and O–H groups in total. The lowest BCUT2D eigenvalue weighted by Gasteiger charge is -2.16. The van der Waals surface area contributed by atoms with E-state index >= 15 is 0 Å². The van der Waals surface area contributed by atoms with Gasteiger partial charge in [0.2, 0.25) is 0 Å². The highest BCUT2D eigenvalue weighted by Gasteiger charge is 2.15. The van der Waals surface area contributed by atoms with E-state index in [1.165, 1.54) is 12.1 Å². The molecule has 82 valence electrons. The number of hydrogen-bond acceptors (Lipinski definition) is 1. The summed E-state index contributed by atoms with van der Waals surface area (Å²) in [4.78, 5) is 4.16. The Bertz CT molecular complexity index is 374. The van der Waals surface area contributed by atoms with Crippen molar-refractivity contribution in [2.75, 3.05) is 7.05 Å². The second kappa shape index (κ2) is 5.26. The van der Waals surface area contributed by atoms with Crippen LogP contribution in [-0.2, 0) is 0 Å². The van der Waals surface area contributed by atoms with E-state index in [1.54, 1.807) is 13.1 Å². The average Bonchev–Trinajstić information content (AvgIpc) is 2.21. The van der Waals surface area contributed by atoms with Crippen LogP contribution in [0.2, 0.25) is 5.02 Å². The molecule has 0 heterocycles. The molecule has 0 bridgehead atoms. The Hall–Kier alpha value is -0.890. The maximum Gasteiger partial charge on any atom is 0.124 e. The molecule has 1 rings (SSSR count). The van der Waals surface area contributed by atoms with Crippen molar-refractivity contribution in [2.24, 2.45) is 4.99 Å². The largest absolute Gasteiger partial charge is 0.297 e. The second-order valence-corrected chi connectivity index (χ2v) is 3.90. The van der Waals surface area contributed by atoms with Crippen LogP contribution in [0.5, 0.6) is 0 Å². The average molecular weight is 228 g/mol. The van der Waals surface area contributed by atoms with Crippen molar-refractivity contribution in [1.29, 1.82) is 0 Å². The van der Waals surface area contributed by atoms with Crippen molar-refractivity contribution in [1.82, 2.24) is 0 Å². The molecule has 0 saturated heterocycles. The monoisotopic (exact) mass is 227 g/mol. The lowest BCUT2D eigenvalue weighted by molar-refractivity contribution is 0.626. The van der Waals surface area contributed by atoms with Crippen molar-refractivity contribution in [3.05, 3.63) is 34.6 Å².